The van der Waals surface area contributed by atoms with Crippen molar-refractivity contribution in [3.05, 3.63) is 6.33 Å². The highest BCUT2D eigenvalue weighted by Gasteiger charge is 2.19. The Balaban J connectivity index is 2.99. The topological polar surface area (TPSA) is 79.4 Å². The Morgan fingerprint density at radius 3 is 2.67 bits per heavy atom. The third-order valence-electron chi connectivity index (χ3n) is 2.92. The van der Waals surface area contributed by atoms with Crippen molar-refractivity contribution in [2.75, 3.05) is 43.5 Å². The number of hydrogen-bond donors (Lipinski definition) is 2. The molecule has 0 aliphatic rings. The fourth-order valence-corrected chi connectivity index (χ4v) is 1.91. The van der Waals surface area contributed by atoms with Crippen molar-refractivity contribution in [1.82, 2.24) is 15.3 Å². The van der Waals surface area contributed by atoms with Crippen molar-refractivity contribution in [3.8, 4) is 5.75 Å². The summed E-state index contributed by atoms with van der Waals surface area (Å²) >= 11 is 0. The van der Waals surface area contributed by atoms with Crippen molar-refractivity contribution in [3.63, 3.8) is 0 Å². The zero-order valence-corrected chi connectivity index (χ0v) is 13.3. The predicted molar refractivity (Wildman–Crippen MR) is 83.9 cm³/mol. The van der Waals surface area contributed by atoms with Crippen molar-refractivity contribution in [2.45, 2.75) is 27.2 Å². The molecule has 118 valence electrons. The van der Waals surface area contributed by atoms with Gasteiger partial charge in [0.15, 0.2) is 11.6 Å². The van der Waals surface area contributed by atoms with E-state index in [-0.39, 0.29) is 12.5 Å². The van der Waals surface area contributed by atoms with Crippen LogP contribution in [0.15, 0.2) is 6.33 Å². The molecule has 7 nitrogen and oxygen atoms in total. The maximum atomic E-state index is 11.8. The van der Waals surface area contributed by atoms with E-state index in [2.05, 4.69) is 27.5 Å². The van der Waals surface area contributed by atoms with Gasteiger partial charge < -0.3 is 20.3 Å². The van der Waals surface area contributed by atoms with Crippen LogP contribution in [-0.4, -0.2) is 49.2 Å². The van der Waals surface area contributed by atoms with Gasteiger partial charge in [0.1, 0.15) is 6.33 Å². The van der Waals surface area contributed by atoms with Gasteiger partial charge in [0.05, 0.1) is 13.7 Å². The van der Waals surface area contributed by atoms with Gasteiger partial charge in [-0.1, -0.05) is 6.92 Å². The average molecular weight is 295 g/mol. The second-order valence-electron chi connectivity index (χ2n) is 4.47. The molecule has 0 radical (unpaired) electrons. The first-order valence-electron chi connectivity index (χ1n) is 7.32. The minimum absolute atomic E-state index is 0.0388. The maximum absolute atomic E-state index is 11.8. The number of nitrogens with one attached hydrogen (secondary N) is 2. The summed E-state index contributed by atoms with van der Waals surface area (Å²) in [5.41, 5.74) is 0. The molecule has 0 fully saturated rings. The zero-order valence-electron chi connectivity index (χ0n) is 13.3. The highest BCUT2D eigenvalue weighted by molar-refractivity contribution is 5.82. The highest BCUT2D eigenvalue weighted by atomic mass is 16.5. The molecule has 1 aromatic rings. The number of carbonyl (C=O) groups is 1. The number of nitrogens with zero attached hydrogens (tertiary/aromatic N) is 3. The number of amides is 1. The summed E-state index contributed by atoms with van der Waals surface area (Å²) in [6.45, 7) is 8.25. The Morgan fingerprint density at radius 1 is 1.33 bits per heavy atom. The maximum Gasteiger partial charge on any atom is 0.239 e. The van der Waals surface area contributed by atoms with E-state index in [0.29, 0.717) is 30.5 Å². The van der Waals surface area contributed by atoms with E-state index < -0.39 is 0 Å². The van der Waals surface area contributed by atoms with Crippen LogP contribution in [0.5, 0.6) is 5.75 Å². The third kappa shape index (κ3) is 4.77. The fourth-order valence-electron chi connectivity index (χ4n) is 1.91. The Morgan fingerprint density at radius 2 is 2.10 bits per heavy atom. The van der Waals surface area contributed by atoms with Crippen LogP contribution in [0.3, 0.4) is 0 Å². The molecular weight excluding hydrogens is 270 g/mol. The molecule has 1 aromatic heterocycles. The molecule has 1 rings (SSSR count). The molecule has 0 atom stereocenters. The fraction of sp³-hybridized carbons (Fsp3) is 0.643. The lowest BCUT2D eigenvalue weighted by Crippen LogP contribution is -2.37. The summed E-state index contributed by atoms with van der Waals surface area (Å²) in [5.74, 6) is 1.80. The van der Waals surface area contributed by atoms with Gasteiger partial charge in [-0.15, -0.1) is 0 Å². The van der Waals surface area contributed by atoms with E-state index in [1.54, 1.807) is 7.11 Å². The van der Waals surface area contributed by atoms with Gasteiger partial charge in [-0.25, -0.2) is 9.97 Å². The van der Waals surface area contributed by atoms with E-state index in [1.807, 2.05) is 18.7 Å². The number of anilines is 2. The number of methoxy groups -OCH3 is 1. The van der Waals surface area contributed by atoms with Gasteiger partial charge in [0.2, 0.25) is 11.7 Å². The van der Waals surface area contributed by atoms with Crippen LogP contribution in [0, 0.1) is 0 Å². The molecule has 0 aliphatic heterocycles. The molecule has 7 heteroatoms. The molecule has 0 saturated carbocycles. The van der Waals surface area contributed by atoms with E-state index in [0.717, 1.165) is 13.0 Å². The first-order chi connectivity index (χ1) is 10.2. The summed E-state index contributed by atoms with van der Waals surface area (Å²) in [4.78, 5) is 22.1. The molecule has 0 spiro atoms. The standard InChI is InChI=1S/C14H25N5O2/c1-5-8-16-13-12(21-4)14(18-10-17-13)19(7-3)9-11(20)15-6-2/h10H,5-9H2,1-4H3,(H,15,20)(H,16,17,18). The monoisotopic (exact) mass is 295 g/mol. The number of carbonyl (C=O) groups excluding carboxylic acids is 1. The van der Waals surface area contributed by atoms with Crippen LogP contribution in [0.25, 0.3) is 0 Å². The van der Waals surface area contributed by atoms with Crippen molar-refractivity contribution in [2.24, 2.45) is 0 Å². The Bertz CT molecular complexity index is 453. The predicted octanol–water partition coefficient (Wildman–Crippen LogP) is 1.27. The van der Waals surface area contributed by atoms with Gasteiger partial charge in [-0.3, -0.25) is 4.79 Å². The number of ether oxygens (including phenoxy) is 1. The van der Waals surface area contributed by atoms with Crippen LogP contribution in [0.2, 0.25) is 0 Å². The molecule has 21 heavy (non-hydrogen) atoms. The summed E-state index contributed by atoms with van der Waals surface area (Å²) in [6, 6.07) is 0. The summed E-state index contributed by atoms with van der Waals surface area (Å²) in [7, 11) is 1.58. The molecule has 1 amide bonds. The second kappa shape index (κ2) is 8.99. The zero-order chi connectivity index (χ0) is 15.7. The molecule has 0 aliphatic carbocycles. The summed E-state index contributed by atoms with van der Waals surface area (Å²) < 4.78 is 5.44. The van der Waals surface area contributed by atoms with Gasteiger partial charge in [-0.2, -0.15) is 0 Å². The Kier molecular flexibility index (Phi) is 7.28. The van der Waals surface area contributed by atoms with E-state index in [4.69, 9.17) is 4.74 Å². The molecule has 0 saturated heterocycles. The van der Waals surface area contributed by atoms with Crippen LogP contribution in [0.1, 0.15) is 27.2 Å². The minimum atomic E-state index is -0.0388. The third-order valence-corrected chi connectivity index (χ3v) is 2.92. The lowest BCUT2D eigenvalue weighted by atomic mass is 10.3. The van der Waals surface area contributed by atoms with E-state index >= 15 is 0 Å². The molecule has 2 N–H and O–H groups in total. The van der Waals surface area contributed by atoms with E-state index in [9.17, 15) is 4.79 Å². The number of aromatic nitrogens is 2. The van der Waals surface area contributed by atoms with Gasteiger partial charge in [0, 0.05) is 19.6 Å². The van der Waals surface area contributed by atoms with Gasteiger partial charge in [-0.05, 0) is 20.3 Å². The quantitative estimate of drug-likeness (QED) is 0.714. The van der Waals surface area contributed by atoms with E-state index in [1.165, 1.54) is 6.33 Å². The largest absolute Gasteiger partial charge is 0.490 e. The van der Waals surface area contributed by atoms with Gasteiger partial charge in [0.25, 0.3) is 0 Å². The summed E-state index contributed by atoms with van der Waals surface area (Å²) in [6.07, 6.45) is 2.47. The smallest absolute Gasteiger partial charge is 0.239 e. The van der Waals surface area contributed by atoms with Crippen LogP contribution in [0.4, 0.5) is 11.6 Å². The van der Waals surface area contributed by atoms with Crippen molar-refractivity contribution in [1.29, 1.82) is 0 Å². The normalized spacial score (nSPS) is 10.1. The lowest BCUT2D eigenvalue weighted by molar-refractivity contribution is -0.119. The average Bonchev–Trinajstić information content (AvgIpc) is 2.50. The van der Waals surface area contributed by atoms with Crippen LogP contribution < -0.4 is 20.3 Å². The lowest BCUT2D eigenvalue weighted by Gasteiger charge is -2.24. The van der Waals surface area contributed by atoms with Crippen LogP contribution >= 0.6 is 0 Å². The molecule has 0 aromatic carbocycles. The number of likely N-dealkylation sites (N-methyl/N-ethyl adjacent to an activating group) is 2. The van der Waals surface area contributed by atoms with Gasteiger partial charge >= 0.3 is 0 Å². The molecular formula is C14H25N5O2. The first kappa shape index (κ1) is 17.0. The molecule has 0 bridgehead atoms. The number of hydrogen-bond acceptors (Lipinski definition) is 6. The van der Waals surface area contributed by atoms with Crippen molar-refractivity contribution >= 4 is 17.5 Å². The Hall–Kier alpha value is -2.05. The highest BCUT2D eigenvalue weighted by Crippen LogP contribution is 2.31. The minimum Gasteiger partial charge on any atom is -0.490 e. The van der Waals surface area contributed by atoms with Crippen molar-refractivity contribution < 1.29 is 9.53 Å². The first-order valence-corrected chi connectivity index (χ1v) is 7.32. The second-order valence-corrected chi connectivity index (χ2v) is 4.47. The van der Waals surface area contributed by atoms with Crippen LogP contribution in [-0.2, 0) is 4.79 Å². The summed E-state index contributed by atoms with van der Waals surface area (Å²) in [5, 5.41) is 5.99. The number of rotatable bonds is 9. The Labute approximate surface area is 126 Å². The SMILES string of the molecule is CCCNc1ncnc(N(CC)CC(=O)NCC)c1OC. The molecule has 1 heterocycles. The molecule has 0 unspecified atom stereocenters.